The van der Waals surface area contributed by atoms with Gasteiger partial charge in [0.05, 0.1) is 6.61 Å². The Morgan fingerprint density at radius 1 is 1.71 bits per heavy atom. The highest BCUT2D eigenvalue weighted by Crippen LogP contribution is 2.18. The summed E-state index contributed by atoms with van der Waals surface area (Å²) in [6.07, 6.45) is 1.56. The number of ether oxygens (including phenoxy) is 1. The highest BCUT2D eigenvalue weighted by atomic mass is 79.9. The summed E-state index contributed by atoms with van der Waals surface area (Å²) in [5.41, 5.74) is 0.141. The van der Waals surface area contributed by atoms with E-state index in [0.717, 1.165) is 0 Å². The van der Waals surface area contributed by atoms with Crippen LogP contribution in [-0.4, -0.2) is 35.3 Å². The molecule has 0 aliphatic rings. The van der Waals surface area contributed by atoms with Gasteiger partial charge in [0.2, 0.25) is 0 Å². The number of aromatic carboxylic acids is 1. The summed E-state index contributed by atoms with van der Waals surface area (Å²) in [7, 11) is 0. The van der Waals surface area contributed by atoms with Gasteiger partial charge in [-0.15, -0.1) is 0 Å². The first-order valence-electron chi connectivity index (χ1n) is 5.27. The maximum absolute atomic E-state index is 11.0. The monoisotopic (exact) mass is 302 g/mol. The largest absolute Gasteiger partial charge is 0.478 e. The van der Waals surface area contributed by atoms with Gasteiger partial charge < -0.3 is 15.2 Å². The molecule has 94 valence electrons. The SMILES string of the molecule is CCOCC(C)Nc1ncc(Br)cc1C(=O)O. The third-order valence-electron chi connectivity index (χ3n) is 2.04. The van der Waals surface area contributed by atoms with E-state index in [0.29, 0.717) is 23.5 Å². The quantitative estimate of drug-likeness (QED) is 0.844. The van der Waals surface area contributed by atoms with Gasteiger partial charge in [-0.2, -0.15) is 0 Å². The highest BCUT2D eigenvalue weighted by molar-refractivity contribution is 9.10. The normalized spacial score (nSPS) is 12.2. The zero-order chi connectivity index (χ0) is 12.8. The van der Waals surface area contributed by atoms with Gasteiger partial charge in [0.15, 0.2) is 0 Å². The van der Waals surface area contributed by atoms with Crippen molar-refractivity contribution >= 4 is 27.7 Å². The third-order valence-corrected chi connectivity index (χ3v) is 2.47. The molecule has 0 aromatic carbocycles. The van der Waals surface area contributed by atoms with Gasteiger partial charge in [0, 0.05) is 23.3 Å². The minimum absolute atomic E-state index is 0.00160. The number of nitrogens with one attached hydrogen (secondary N) is 1. The summed E-state index contributed by atoms with van der Waals surface area (Å²) in [5.74, 6) is -0.655. The maximum atomic E-state index is 11.0. The number of halogens is 1. The van der Waals surface area contributed by atoms with Crippen LogP contribution in [0, 0.1) is 0 Å². The molecule has 17 heavy (non-hydrogen) atoms. The van der Waals surface area contributed by atoms with Gasteiger partial charge in [0.1, 0.15) is 11.4 Å². The van der Waals surface area contributed by atoms with E-state index in [1.165, 1.54) is 6.07 Å². The number of carboxylic acids is 1. The van der Waals surface area contributed by atoms with E-state index in [1.807, 2.05) is 13.8 Å². The van der Waals surface area contributed by atoms with Crippen LogP contribution in [0.3, 0.4) is 0 Å². The topological polar surface area (TPSA) is 71.5 Å². The van der Waals surface area contributed by atoms with E-state index < -0.39 is 5.97 Å². The molecule has 6 heteroatoms. The Bertz CT molecular complexity index is 398. The number of carbonyl (C=O) groups is 1. The molecule has 0 aliphatic carbocycles. The Kier molecular flexibility index (Phi) is 5.37. The molecule has 1 atom stereocenters. The summed E-state index contributed by atoms with van der Waals surface area (Å²) in [6.45, 7) is 4.96. The van der Waals surface area contributed by atoms with Crippen molar-refractivity contribution in [1.29, 1.82) is 0 Å². The fourth-order valence-electron chi connectivity index (χ4n) is 1.29. The molecule has 1 aromatic heterocycles. The van der Waals surface area contributed by atoms with Gasteiger partial charge in [0.25, 0.3) is 0 Å². The Labute approximate surface area is 108 Å². The fraction of sp³-hybridized carbons (Fsp3) is 0.455. The number of anilines is 1. The Morgan fingerprint density at radius 2 is 2.41 bits per heavy atom. The second kappa shape index (κ2) is 6.56. The lowest BCUT2D eigenvalue weighted by Gasteiger charge is -2.15. The van der Waals surface area contributed by atoms with Crippen LogP contribution >= 0.6 is 15.9 Å². The van der Waals surface area contributed by atoms with Crippen molar-refractivity contribution < 1.29 is 14.6 Å². The summed E-state index contributed by atoms with van der Waals surface area (Å²) in [6, 6.07) is 1.52. The van der Waals surface area contributed by atoms with Crippen molar-refractivity contribution in [1.82, 2.24) is 4.98 Å². The molecule has 0 fully saturated rings. The molecular formula is C11H15BrN2O3. The van der Waals surface area contributed by atoms with Gasteiger partial charge in [-0.3, -0.25) is 0 Å². The van der Waals surface area contributed by atoms with Crippen LogP contribution in [-0.2, 0) is 4.74 Å². The lowest BCUT2D eigenvalue weighted by atomic mass is 10.2. The number of rotatable bonds is 6. The van der Waals surface area contributed by atoms with Crippen molar-refractivity contribution in [2.24, 2.45) is 0 Å². The minimum Gasteiger partial charge on any atom is -0.478 e. The Morgan fingerprint density at radius 3 is 3.00 bits per heavy atom. The van der Waals surface area contributed by atoms with E-state index >= 15 is 0 Å². The van der Waals surface area contributed by atoms with Crippen molar-refractivity contribution in [2.45, 2.75) is 19.9 Å². The summed E-state index contributed by atoms with van der Waals surface area (Å²) < 4.78 is 5.88. The molecule has 1 rings (SSSR count). The molecular weight excluding hydrogens is 288 g/mol. The first-order chi connectivity index (χ1) is 8.04. The number of aromatic nitrogens is 1. The molecule has 0 aliphatic heterocycles. The second-order valence-corrected chi connectivity index (χ2v) is 4.48. The van der Waals surface area contributed by atoms with E-state index in [2.05, 4.69) is 26.2 Å². The number of nitrogens with zero attached hydrogens (tertiary/aromatic N) is 1. The lowest BCUT2D eigenvalue weighted by molar-refractivity contribution is 0.0697. The maximum Gasteiger partial charge on any atom is 0.339 e. The molecule has 0 saturated heterocycles. The predicted molar refractivity (Wildman–Crippen MR) is 68.5 cm³/mol. The average Bonchev–Trinajstić information content (AvgIpc) is 2.28. The Hall–Kier alpha value is -1.14. The molecule has 0 radical (unpaired) electrons. The third kappa shape index (κ3) is 4.32. The molecule has 5 nitrogen and oxygen atoms in total. The average molecular weight is 303 g/mol. The molecule has 0 bridgehead atoms. The smallest absolute Gasteiger partial charge is 0.339 e. The second-order valence-electron chi connectivity index (χ2n) is 3.56. The van der Waals surface area contributed by atoms with E-state index in [9.17, 15) is 4.79 Å². The van der Waals surface area contributed by atoms with Crippen LogP contribution in [0.5, 0.6) is 0 Å². The van der Waals surface area contributed by atoms with Crippen molar-refractivity contribution in [3.63, 3.8) is 0 Å². The van der Waals surface area contributed by atoms with Crippen molar-refractivity contribution in [3.8, 4) is 0 Å². The molecule has 0 saturated carbocycles. The zero-order valence-corrected chi connectivity index (χ0v) is 11.3. The molecule has 1 unspecified atom stereocenters. The van der Waals surface area contributed by atoms with Crippen molar-refractivity contribution in [2.75, 3.05) is 18.5 Å². The van der Waals surface area contributed by atoms with Gasteiger partial charge in [-0.05, 0) is 35.8 Å². The number of pyridine rings is 1. The molecule has 0 amide bonds. The van der Waals surface area contributed by atoms with Crippen LogP contribution in [0.15, 0.2) is 16.7 Å². The number of carboxylic acid groups (broad SMARTS) is 1. The van der Waals surface area contributed by atoms with Crippen LogP contribution in [0.25, 0.3) is 0 Å². The van der Waals surface area contributed by atoms with Crippen LogP contribution in [0.2, 0.25) is 0 Å². The van der Waals surface area contributed by atoms with Crippen molar-refractivity contribution in [3.05, 3.63) is 22.3 Å². The number of hydrogen-bond acceptors (Lipinski definition) is 4. The highest BCUT2D eigenvalue weighted by Gasteiger charge is 2.14. The number of hydrogen-bond donors (Lipinski definition) is 2. The van der Waals surface area contributed by atoms with E-state index in [4.69, 9.17) is 9.84 Å². The molecule has 2 N–H and O–H groups in total. The summed E-state index contributed by atoms with van der Waals surface area (Å²) >= 11 is 3.19. The van der Waals surface area contributed by atoms with Crippen LogP contribution < -0.4 is 5.32 Å². The van der Waals surface area contributed by atoms with Crippen LogP contribution in [0.4, 0.5) is 5.82 Å². The zero-order valence-electron chi connectivity index (χ0n) is 9.74. The Balaban J connectivity index is 2.79. The molecule has 1 heterocycles. The van der Waals surface area contributed by atoms with E-state index in [-0.39, 0.29) is 11.6 Å². The molecule has 0 spiro atoms. The van der Waals surface area contributed by atoms with Gasteiger partial charge >= 0.3 is 5.97 Å². The molecule has 1 aromatic rings. The standard InChI is InChI=1S/C11H15BrN2O3/c1-3-17-6-7(2)14-10-9(11(15)16)4-8(12)5-13-10/h4-5,7H,3,6H2,1-2H3,(H,13,14)(H,15,16). The fourth-order valence-corrected chi connectivity index (χ4v) is 1.62. The first-order valence-corrected chi connectivity index (χ1v) is 6.07. The summed E-state index contributed by atoms with van der Waals surface area (Å²) in [5, 5.41) is 12.1. The minimum atomic E-state index is -1.01. The van der Waals surface area contributed by atoms with E-state index in [1.54, 1.807) is 6.20 Å². The van der Waals surface area contributed by atoms with Gasteiger partial charge in [-0.25, -0.2) is 9.78 Å². The predicted octanol–water partition coefficient (Wildman–Crippen LogP) is 2.38. The summed E-state index contributed by atoms with van der Waals surface area (Å²) in [4.78, 5) is 15.1. The van der Waals surface area contributed by atoms with Crippen LogP contribution in [0.1, 0.15) is 24.2 Å². The lowest BCUT2D eigenvalue weighted by Crippen LogP contribution is -2.23. The van der Waals surface area contributed by atoms with Gasteiger partial charge in [-0.1, -0.05) is 0 Å². The first kappa shape index (κ1) is 13.9.